The van der Waals surface area contributed by atoms with E-state index in [-0.39, 0.29) is 11.8 Å². The van der Waals surface area contributed by atoms with Crippen molar-refractivity contribution in [2.45, 2.75) is 19.6 Å². The maximum atomic E-state index is 13.4. The molecule has 1 heterocycles. The van der Waals surface area contributed by atoms with Gasteiger partial charge in [-0.25, -0.2) is 4.90 Å². The Bertz CT molecular complexity index is 1150. The summed E-state index contributed by atoms with van der Waals surface area (Å²) in [5.41, 5.74) is 4.75. The van der Waals surface area contributed by atoms with Gasteiger partial charge in [-0.2, -0.15) is 0 Å². The lowest BCUT2D eigenvalue weighted by molar-refractivity contribution is -0.119. The summed E-state index contributed by atoms with van der Waals surface area (Å²) in [5.74, 6) is -0.0247. The van der Waals surface area contributed by atoms with Gasteiger partial charge in [-0.05, 0) is 42.7 Å². The molecule has 4 rings (SSSR count). The van der Waals surface area contributed by atoms with Crippen molar-refractivity contribution in [3.8, 4) is 0 Å². The van der Waals surface area contributed by atoms with Gasteiger partial charge in [-0.15, -0.1) is 11.8 Å². The van der Waals surface area contributed by atoms with Crippen molar-refractivity contribution in [2.24, 2.45) is 0 Å². The lowest BCUT2D eigenvalue weighted by atomic mass is 10.0. The lowest BCUT2D eigenvalue weighted by Crippen LogP contribution is -2.31. The third kappa shape index (κ3) is 3.93. The fourth-order valence-electron chi connectivity index (χ4n) is 3.30. The van der Waals surface area contributed by atoms with Crippen LogP contribution in [0, 0.1) is 13.8 Å². The van der Waals surface area contributed by atoms with Crippen molar-refractivity contribution in [1.29, 1.82) is 0 Å². The van der Waals surface area contributed by atoms with Crippen molar-refractivity contribution in [3.05, 3.63) is 105 Å². The molecule has 3 aromatic rings. The summed E-state index contributed by atoms with van der Waals surface area (Å²) in [6.45, 7) is 3.88. The number of carbonyl (C=O) groups is 2. The molecule has 30 heavy (non-hydrogen) atoms. The Hall–Kier alpha value is -2.82. The molecule has 0 unspecified atom stereocenters. The highest BCUT2D eigenvalue weighted by Crippen LogP contribution is 2.40. The molecular formula is C25H20ClNO2S. The zero-order valence-corrected chi connectivity index (χ0v) is 18.3. The topological polar surface area (TPSA) is 37.4 Å². The molecule has 3 nitrogen and oxygen atoms in total. The minimum absolute atomic E-state index is 0.309. The lowest BCUT2D eigenvalue weighted by Gasteiger charge is -2.16. The largest absolute Gasteiger partial charge is 0.272 e. The zero-order chi connectivity index (χ0) is 21.3. The fraction of sp³-hybridized carbons (Fsp3) is 0.120. The van der Waals surface area contributed by atoms with Gasteiger partial charge in [-0.1, -0.05) is 77.8 Å². The number of anilines is 1. The van der Waals surface area contributed by atoms with E-state index in [9.17, 15) is 9.59 Å². The predicted molar refractivity (Wildman–Crippen MR) is 125 cm³/mol. The first-order valence-corrected chi connectivity index (χ1v) is 10.9. The SMILES string of the molecule is Cc1ccc(C2=C(SCc3ccccc3)C(=O)N(c3ccc(C)c(Cl)c3)C2=O)cc1. The smallest absolute Gasteiger partial charge is 0.268 e. The van der Waals surface area contributed by atoms with E-state index in [1.807, 2.05) is 74.5 Å². The average molecular weight is 434 g/mol. The van der Waals surface area contributed by atoms with Crippen LogP contribution in [0.1, 0.15) is 22.3 Å². The molecular weight excluding hydrogens is 414 g/mol. The Labute approximate surface area is 185 Å². The van der Waals surface area contributed by atoms with E-state index < -0.39 is 0 Å². The summed E-state index contributed by atoms with van der Waals surface area (Å²) in [4.78, 5) is 28.5. The molecule has 2 amide bonds. The van der Waals surface area contributed by atoms with Crippen LogP contribution in [0.15, 0.2) is 77.7 Å². The van der Waals surface area contributed by atoms with Crippen LogP contribution in [0.4, 0.5) is 5.69 Å². The van der Waals surface area contributed by atoms with E-state index in [4.69, 9.17) is 11.6 Å². The van der Waals surface area contributed by atoms with Crippen LogP contribution in [0.25, 0.3) is 5.57 Å². The van der Waals surface area contributed by atoms with E-state index >= 15 is 0 Å². The Morgan fingerprint density at radius 2 is 1.57 bits per heavy atom. The summed E-state index contributed by atoms with van der Waals surface area (Å²) in [7, 11) is 0. The quantitative estimate of drug-likeness (QED) is 0.451. The minimum Gasteiger partial charge on any atom is -0.268 e. The molecule has 3 aromatic carbocycles. The first-order chi connectivity index (χ1) is 14.5. The number of aryl methyl sites for hydroxylation is 2. The number of hydrogen-bond donors (Lipinski definition) is 0. The van der Waals surface area contributed by atoms with Crippen molar-refractivity contribution < 1.29 is 9.59 Å². The molecule has 1 aliphatic heterocycles. The molecule has 0 spiro atoms. The minimum atomic E-state index is -0.320. The number of amides is 2. The molecule has 0 aromatic heterocycles. The highest BCUT2D eigenvalue weighted by atomic mass is 35.5. The van der Waals surface area contributed by atoms with Crippen LogP contribution in [-0.2, 0) is 15.3 Å². The molecule has 0 bridgehead atoms. The maximum Gasteiger partial charge on any atom is 0.272 e. The fourth-order valence-corrected chi connectivity index (χ4v) is 4.55. The summed E-state index contributed by atoms with van der Waals surface area (Å²) >= 11 is 7.66. The van der Waals surface area contributed by atoms with Gasteiger partial charge in [0, 0.05) is 10.8 Å². The van der Waals surface area contributed by atoms with Crippen LogP contribution in [0.5, 0.6) is 0 Å². The summed E-state index contributed by atoms with van der Waals surface area (Å²) < 4.78 is 0. The van der Waals surface area contributed by atoms with Crippen molar-refractivity contribution >= 4 is 46.4 Å². The number of benzene rings is 3. The van der Waals surface area contributed by atoms with Crippen molar-refractivity contribution in [3.63, 3.8) is 0 Å². The van der Waals surface area contributed by atoms with Gasteiger partial charge in [0.1, 0.15) is 0 Å². The summed E-state index contributed by atoms with van der Waals surface area (Å²) in [5, 5.41) is 0.523. The predicted octanol–water partition coefficient (Wildman–Crippen LogP) is 6.17. The van der Waals surface area contributed by atoms with Gasteiger partial charge < -0.3 is 0 Å². The van der Waals surface area contributed by atoms with Crippen molar-refractivity contribution in [1.82, 2.24) is 0 Å². The van der Waals surface area contributed by atoms with Crippen LogP contribution < -0.4 is 4.90 Å². The van der Waals surface area contributed by atoms with Gasteiger partial charge in [0.05, 0.1) is 16.2 Å². The first kappa shape index (κ1) is 20.5. The summed E-state index contributed by atoms with van der Waals surface area (Å²) in [6, 6.07) is 22.8. The van der Waals surface area contributed by atoms with E-state index in [1.165, 1.54) is 16.7 Å². The number of carbonyl (C=O) groups excluding carboxylic acids is 2. The standard InChI is InChI=1S/C25H20ClNO2S/c1-16-8-11-19(12-9-16)22-23(30-15-18-6-4-3-5-7-18)25(29)27(24(22)28)20-13-10-17(2)21(26)14-20/h3-14H,15H2,1-2H3. The molecule has 0 atom stereocenters. The Morgan fingerprint density at radius 1 is 0.867 bits per heavy atom. The van der Waals surface area contributed by atoms with E-state index in [1.54, 1.807) is 12.1 Å². The number of thioether (sulfide) groups is 1. The van der Waals surface area contributed by atoms with Crippen LogP contribution in [0.3, 0.4) is 0 Å². The van der Waals surface area contributed by atoms with E-state index in [2.05, 4.69) is 0 Å². The van der Waals surface area contributed by atoms with E-state index in [0.29, 0.717) is 26.9 Å². The molecule has 0 N–H and O–H groups in total. The average Bonchev–Trinajstić information content (AvgIpc) is 2.99. The second-order valence-electron chi connectivity index (χ2n) is 7.22. The molecule has 0 fully saturated rings. The normalized spacial score (nSPS) is 14.0. The van der Waals surface area contributed by atoms with Gasteiger partial charge in [0.2, 0.25) is 0 Å². The third-order valence-electron chi connectivity index (χ3n) is 5.02. The molecule has 0 radical (unpaired) electrons. The van der Waals surface area contributed by atoms with E-state index in [0.717, 1.165) is 22.3 Å². The molecule has 150 valence electrons. The molecule has 1 aliphatic rings. The third-order valence-corrected chi connectivity index (χ3v) is 6.57. The molecule has 0 saturated carbocycles. The highest BCUT2D eigenvalue weighted by Gasteiger charge is 2.40. The Morgan fingerprint density at radius 3 is 2.23 bits per heavy atom. The molecule has 5 heteroatoms. The molecule has 0 saturated heterocycles. The first-order valence-electron chi connectivity index (χ1n) is 9.58. The van der Waals surface area contributed by atoms with Gasteiger partial charge >= 0.3 is 0 Å². The number of hydrogen-bond acceptors (Lipinski definition) is 3. The Balaban J connectivity index is 1.75. The number of rotatable bonds is 5. The zero-order valence-electron chi connectivity index (χ0n) is 16.7. The number of halogens is 1. The van der Waals surface area contributed by atoms with Crippen LogP contribution in [0.2, 0.25) is 5.02 Å². The van der Waals surface area contributed by atoms with Crippen molar-refractivity contribution in [2.75, 3.05) is 4.90 Å². The van der Waals surface area contributed by atoms with Crippen LogP contribution >= 0.6 is 23.4 Å². The summed E-state index contributed by atoms with van der Waals surface area (Å²) in [6.07, 6.45) is 0. The number of nitrogens with zero attached hydrogens (tertiary/aromatic N) is 1. The number of imide groups is 1. The van der Waals surface area contributed by atoms with Gasteiger partial charge in [-0.3, -0.25) is 9.59 Å². The maximum absolute atomic E-state index is 13.4. The van der Waals surface area contributed by atoms with Gasteiger partial charge in [0.25, 0.3) is 11.8 Å². The molecule has 0 aliphatic carbocycles. The Kier molecular flexibility index (Phi) is 5.80. The van der Waals surface area contributed by atoms with Crippen LogP contribution in [-0.4, -0.2) is 11.8 Å². The van der Waals surface area contributed by atoms with Gasteiger partial charge in [0.15, 0.2) is 0 Å². The highest BCUT2D eigenvalue weighted by molar-refractivity contribution is 8.03. The second-order valence-corrected chi connectivity index (χ2v) is 8.62. The second kappa shape index (κ2) is 8.50. The monoisotopic (exact) mass is 433 g/mol.